The minimum absolute atomic E-state index is 0. The van der Waals surface area contributed by atoms with Crippen LogP contribution in [0.25, 0.3) is 5.69 Å². The molecule has 17 heavy (non-hydrogen) atoms. The van der Waals surface area contributed by atoms with E-state index in [1.54, 1.807) is 6.07 Å². The molecule has 92 valence electrons. The van der Waals surface area contributed by atoms with Crippen molar-refractivity contribution in [3.63, 3.8) is 0 Å². The molecule has 0 atom stereocenters. The number of aliphatic hydroxyl groups is 1. The minimum atomic E-state index is -0.367. The lowest BCUT2D eigenvalue weighted by molar-refractivity contribution is 0.276. The van der Waals surface area contributed by atoms with Crippen molar-refractivity contribution >= 4 is 12.4 Å². The van der Waals surface area contributed by atoms with Crippen LogP contribution in [-0.4, -0.2) is 20.1 Å². The molecule has 2 aromatic rings. The maximum atomic E-state index is 13.1. The van der Waals surface area contributed by atoms with E-state index in [1.807, 2.05) is 0 Å². The Morgan fingerprint density at radius 3 is 2.76 bits per heavy atom. The highest BCUT2D eigenvalue weighted by atomic mass is 35.5. The maximum absolute atomic E-state index is 13.1. The molecule has 1 aromatic carbocycles. The first-order chi connectivity index (χ1) is 7.74. The Balaban J connectivity index is 0.00000144. The average Bonchev–Trinajstić information content (AvgIpc) is 2.77. The van der Waals surface area contributed by atoms with Crippen molar-refractivity contribution in [2.75, 3.05) is 0 Å². The quantitative estimate of drug-likeness (QED) is 0.853. The van der Waals surface area contributed by atoms with Crippen LogP contribution in [0.2, 0.25) is 0 Å². The second-order valence-electron chi connectivity index (χ2n) is 3.29. The van der Waals surface area contributed by atoms with Crippen molar-refractivity contribution in [1.82, 2.24) is 15.0 Å². The Hall–Kier alpha value is -1.50. The van der Waals surface area contributed by atoms with Gasteiger partial charge in [0.05, 0.1) is 18.5 Å². The summed E-state index contributed by atoms with van der Waals surface area (Å²) in [4.78, 5) is 0. The molecule has 0 aliphatic heterocycles. The van der Waals surface area contributed by atoms with Crippen LogP contribution >= 0.6 is 12.4 Å². The summed E-state index contributed by atoms with van der Waals surface area (Å²) in [5.41, 5.74) is 7.26. The van der Waals surface area contributed by atoms with Crippen LogP contribution < -0.4 is 5.73 Å². The fourth-order valence-electron chi connectivity index (χ4n) is 1.41. The van der Waals surface area contributed by atoms with Gasteiger partial charge in [0.2, 0.25) is 0 Å². The number of nitrogens with zero attached hydrogens (tertiary/aromatic N) is 3. The molecule has 0 aliphatic rings. The van der Waals surface area contributed by atoms with E-state index in [2.05, 4.69) is 10.3 Å². The monoisotopic (exact) mass is 258 g/mol. The van der Waals surface area contributed by atoms with Crippen molar-refractivity contribution in [2.24, 2.45) is 5.73 Å². The van der Waals surface area contributed by atoms with E-state index in [-0.39, 0.29) is 31.4 Å². The first kappa shape index (κ1) is 13.6. The first-order valence-electron chi connectivity index (χ1n) is 4.75. The number of aromatic nitrogens is 3. The highest BCUT2D eigenvalue weighted by molar-refractivity contribution is 5.85. The molecular weight excluding hydrogens is 247 g/mol. The Morgan fingerprint density at radius 2 is 2.18 bits per heavy atom. The molecule has 0 bridgehead atoms. The van der Waals surface area contributed by atoms with Crippen molar-refractivity contribution < 1.29 is 9.50 Å². The third kappa shape index (κ3) is 2.79. The van der Waals surface area contributed by atoms with Gasteiger partial charge in [0, 0.05) is 6.54 Å². The molecule has 1 heterocycles. The van der Waals surface area contributed by atoms with Crippen LogP contribution in [0.15, 0.2) is 24.4 Å². The number of halogens is 2. The summed E-state index contributed by atoms with van der Waals surface area (Å²) in [7, 11) is 0. The van der Waals surface area contributed by atoms with E-state index in [0.29, 0.717) is 11.4 Å². The second kappa shape index (κ2) is 5.72. The molecule has 5 nitrogen and oxygen atoms in total. The fraction of sp³-hybridized carbons (Fsp3) is 0.200. The molecule has 0 unspecified atom stereocenters. The molecule has 0 spiro atoms. The van der Waals surface area contributed by atoms with Gasteiger partial charge in [-0.3, -0.25) is 0 Å². The van der Waals surface area contributed by atoms with E-state index in [4.69, 9.17) is 10.8 Å². The molecule has 0 saturated carbocycles. The largest absolute Gasteiger partial charge is 0.390 e. The van der Waals surface area contributed by atoms with E-state index in [9.17, 15) is 4.39 Å². The second-order valence-corrected chi connectivity index (χ2v) is 3.29. The van der Waals surface area contributed by atoms with Crippen LogP contribution in [0.1, 0.15) is 11.3 Å². The van der Waals surface area contributed by atoms with Crippen molar-refractivity contribution in [1.29, 1.82) is 0 Å². The summed E-state index contributed by atoms with van der Waals surface area (Å²) in [5.74, 6) is -0.367. The number of hydrogen-bond acceptors (Lipinski definition) is 4. The zero-order valence-electron chi connectivity index (χ0n) is 8.88. The lowest BCUT2D eigenvalue weighted by atomic mass is 10.2. The van der Waals surface area contributed by atoms with Gasteiger partial charge >= 0.3 is 0 Å². The van der Waals surface area contributed by atoms with Gasteiger partial charge in [0.15, 0.2) is 0 Å². The number of nitrogens with two attached hydrogens (primary N) is 1. The van der Waals surface area contributed by atoms with Gasteiger partial charge in [-0.05, 0) is 17.7 Å². The van der Waals surface area contributed by atoms with E-state index in [0.717, 1.165) is 5.56 Å². The third-order valence-electron chi connectivity index (χ3n) is 2.22. The molecule has 0 aliphatic carbocycles. The fourth-order valence-corrected chi connectivity index (χ4v) is 1.41. The zero-order chi connectivity index (χ0) is 11.5. The van der Waals surface area contributed by atoms with Gasteiger partial charge in [0.1, 0.15) is 11.5 Å². The SMILES string of the molecule is Cl.NCc1ccc(F)cc1-n1cc(CO)nn1. The number of benzene rings is 1. The Bertz CT molecular complexity index is 503. The molecular formula is C10H12ClFN4O. The van der Waals surface area contributed by atoms with Crippen LogP contribution in [-0.2, 0) is 13.2 Å². The molecule has 3 N–H and O–H groups in total. The predicted molar refractivity (Wildman–Crippen MR) is 62.4 cm³/mol. The molecule has 7 heteroatoms. The minimum Gasteiger partial charge on any atom is -0.390 e. The topological polar surface area (TPSA) is 77.0 Å². The van der Waals surface area contributed by atoms with Crippen LogP contribution in [0.5, 0.6) is 0 Å². The van der Waals surface area contributed by atoms with Crippen molar-refractivity contribution in [3.05, 3.63) is 41.5 Å². The first-order valence-corrected chi connectivity index (χ1v) is 4.75. The highest BCUT2D eigenvalue weighted by Crippen LogP contribution is 2.15. The number of hydrogen-bond donors (Lipinski definition) is 2. The van der Waals surface area contributed by atoms with Crippen molar-refractivity contribution in [3.8, 4) is 5.69 Å². The molecule has 1 aromatic heterocycles. The highest BCUT2D eigenvalue weighted by Gasteiger charge is 2.07. The van der Waals surface area contributed by atoms with Gasteiger partial charge in [-0.15, -0.1) is 17.5 Å². The van der Waals surface area contributed by atoms with Gasteiger partial charge in [-0.2, -0.15) is 0 Å². The normalized spacial score (nSPS) is 10.1. The summed E-state index contributed by atoms with van der Waals surface area (Å²) in [6.45, 7) is 0.0806. The Kier molecular flexibility index (Phi) is 4.56. The van der Waals surface area contributed by atoms with Gasteiger partial charge in [-0.1, -0.05) is 11.3 Å². The summed E-state index contributed by atoms with van der Waals surface area (Å²) < 4.78 is 14.5. The van der Waals surface area contributed by atoms with E-state index in [1.165, 1.54) is 23.0 Å². The lowest BCUT2D eigenvalue weighted by Crippen LogP contribution is -2.05. The summed E-state index contributed by atoms with van der Waals surface area (Å²) in [6.07, 6.45) is 1.54. The predicted octanol–water partition coefficient (Wildman–Crippen LogP) is 0.779. The standard InChI is InChI=1S/C10H11FN4O.ClH/c11-8-2-1-7(4-12)10(3-8)15-5-9(6-16)13-14-15;/h1-3,5,16H,4,6,12H2;1H. The summed E-state index contributed by atoms with van der Waals surface area (Å²) in [6, 6.07) is 4.28. The van der Waals surface area contributed by atoms with Crippen LogP contribution in [0.4, 0.5) is 4.39 Å². The maximum Gasteiger partial charge on any atom is 0.125 e. The molecule has 0 fully saturated rings. The molecule has 0 saturated heterocycles. The molecule has 0 amide bonds. The van der Waals surface area contributed by atoms with Gasteiger partial charge < -0.3 is 10.8 Å². The number of rotatable bonds is 3. The molecule has 2 rings (SSSR count). The number of aliphatic hydroxyl groups excluding tert-OH is 1. The Morgan fingerprint density at radius 1 is 1.41 bits per heavy atom. The van der Waals surface area contributed by atoms with Crippen LogP contribution in [0, 0.1) is 5.82 Å². The average molecular weight is 259 g/mol. The molecule has 0 radical (unpaired) electrons. The third-order valence-corrected chi connectivity index (χ3v) is 2.22. The zero-order valence-corrected chi connectivity index (χ0v) is 9.69. The van der Waals surface area contributed by atoms with Crippen LogP contribution in [0.3, 0.4) is 0 Å². The van der Waals surface area contributed by atoms with Gasteiger partial charge in [-0.25, -0.2) is 9.07 Å². The van der Waals surface area contributed by atoms with E-state index < -0.39 is 0 Å². The summed E-state index contributed by atoms with van der Waals surface area (Å²) >= 11 is 0. The van der Waals surface area contributed by atoms with Gasteiger partial charge in [0.25, 0.3) is 0 Å². The Labute approximate surface area is 103 Å². The smallest absolute Gasteiger partial charge is 0.125 e. The van der Waals surface area contributed by atoms with Crippen molar-refractivity contribution in [2.45, 2.75) is 13.2 Å². The summed E-state index contributed by atoms with van der Waals surface area (Å²) in [5, 5.41) is 16.4. The lowest BCUT2D eigenvalue weighted by Gasteiger charge is -2.06. The van der Waals surface area contributed by atoms with E-state index >= 15 is 0 Å².